The molecular weight excluding hydrogens is 418 g/mol. The zero-order valence-corrected chi connectivity index (χ0v) is 16.4. The molecule has 0 aromatic carbocycles. The van der Waals surface area contributed by atoms with Crippen LogP contribution in [0.2, 0.25) is 0 Å². The lowest BCUT2D eigenvalue weighted by molar-refractivity contribution is 0.0252. The first-order chi connectivity index (χ1) is 14.8. The molecule has 2 atom stereocenters. The maximum atomic E-state index is 14.2. The van der Waals surface area contributed by atoms with E-state index in [1.165, 1.54) is 23.0 Å². The summed E-state index contributed by atoms with van der Waals surface area (Å²) in [7, 11) is 0. The van der Waals surface area contributed by atoms with E-state index in [2.05, 4.69) is 25.6 Å². The second-order valence-electron chi connectivity index (χ2n) is 7.24. The van der Waals surface area contributed by atoms with E-state index >= 15 is 0 Å². The molecule has 0 aliphatic carbocycles. The third kappa shape index (κ3) is 4.58. The highest BCUT2D eigenvalue weighted by Crippen LogP contribution is 2.20. The van der Waals surface area contributed by atoms with Gasteiger partial charge >= 0.3 is 0 Å². The molecule has 12 heteroatoms. The minimum absolute atomic E-state index is 0.0152. The van der Waals surface area contributed by atoms with Gasteiger partial charge < -0.3 is 14.6 Å². The molecule has 31 heavy (non-hydrogen) atoms. The molecule has 1 saturated heterocycles. The van der Waals surface area contributed by atoms with Crippen molar-refractivity contribution in [2.24, 2.45) is 0 Å². The molecule has 4 rings (SSSR count). The number of carbonyl (C=O) groups is 1. The molecule has 1 amide bonds. The van der Waals surface area contributed by atoms with Crippen molar-refractivity contribution in [3.05, 3.63) is 48.1 Å². The fraction of sp³-hybridized carbons (Fsp3) is 0.368. The lowest BCUT2D eigenvalue weighted by Gasteiger charge is -2.19. The predicted molar refractivity (Wildman–Crippen MR) is 105 cm³/mol. The Morgan fingerprint density at radius 3 is 2.74 bits per heavy atom. The summed E-state index contributed by atoms with van der Waals surface area (Å²) in [5, 5.41) is 4.81. The number of nitrogens with one attached hydrogen (secondary N) is 2. The number of imidazole rings is 1. The number of aromatic nitrogens is 4. The number of anilines is 2. The van der Waals surface area contributed by atoms with Gasteiger partial charge in [0.15, 0.2) is 11.5 Å². The fourth-order valence-corrected chi connectivity index (χ4v) is 3.45. The molecule has 1 aliphatic rings. The van der Waals surface area contributed by atoms with Gasteiger partial charge in [-0.1, -0.05) is 0 Å². The number of hydrogen-bond acceptors (Lipinski definition) is 6. The molecule has 1 fully saturated rings. The van der Waals surface area contributed by atoms with Crippen molar-refractivity contribution in [2.75, 3.05) is 23.3 Å². The SMILES string of the molecule is Cc1cn2cc(NC(=O)c3cnc(N4CCC(NC(F)C(F)F)C4)cn3)cc(F)c2n1. The van der Waals surface area contributed by atoms with Crippen LogP contribution in [0.5, 0.6) is 0 Å². The standard InChI is InChI=1S/C19H19F4N7O/c1-10-7-30-9-12(4-13(20)18(30)26-10)28-19(31)14-5-25-15(6-24-14)29-3-2-11(8-29)27-17(23)16(21)22/h4-7,9,11,16-17,27H,2-3,8H2,1H3,(H,28,31). The van der Waals surface area contributed by atoms with Crippen LogP contribution in [0.3, 0.4) is 0 Å². The molecular formula is C19H19F4N7O. The Hall–Kier alpha value is -3.28. The summed E-state index contributed by atoms with van der Waals surface area (Å²) < 4.78 is 53.5. The van der Waals surface area contributed by atoms with Crippen molar-refractivity contribution in [3.8, 4) is 0 Å². The Labute approximate surface area is 174 Å². The lowest BCUT2D eigenvalue weighted by Crippen LogP contribution is -2.41. The Morgan fingerprint density at radius 1 is 1.23 bits per heavy atom. The Balaban J connectivity index is 1.40. The van der Waals surface area contributed by atoms with Gasteiger partial charge in [-0.15, -0.1) is 0 Å². The van der Waals surface area contributed by atoms with E-state index < -0.39 is 30.5 Å². The Kier molecular flexibility index (Phi) is 5.72. The highest BCUT2D eigenvalue weighted by atomic mass is 19.3. The minimum atomic E-state index is -3.08. The monoisotopic (exact) mass is 437 g/mol. The molecule has 4 heterocycles. The molecule has 2 N–H and O–H groups in total. The molecule has 0 bridgehead atoms. The number of fused-ring (bicyclic) bond motifs is 1. The van der Waals surface area contributed by atoms with E-state index in [-0.39, 0.29) is 23.6 Å². The smallest absolute Gasteiger partial charge is 0.282 e. The first-order valence-corrected chi connectivity index (χ1v) is 9.51. The van der Waals surface area contributed by atoms with Crippen LogP contribution < -0.4 is 15.5 Å². The number of hydrogen-bond donors (Lipinski definition) is 2. The van der Waals surface area contributed by atoms with Crippen molar-refractivity contribution in [1.82, 2.24) is 24.7 Å². The number of amides is 1. The molecule has 3 aromatic heterocycles. The van der Waals surface area contributed by atoms with Gasteiger partial charge in [0.25, 0.3) is 12.3 Å². The number of aryl methyl sites for hydroxylation is 1. The van der Waals surface area contributed by atoms with Gasteiger partial charge in [0.05, 0.1) is 23.8 Å². The zero-order valence-electron chi connectivity index (χ0n) is 16.4. The van der Waals surface area contributed by atoms with Crippen molar-refractivity contribution in [3.63, 3.8) is 0 Å². The van der Waals surface area contributed by atoms with Gasteiger partial charge in [-0.05, 0) is 13.3 Å². The van der Waals surface area contributed by atoms with E-state index in [0.29, 0.717) is 24.5 Å². The summed E-state index contributed by atoms with van der Waals surface area (Å²) in [5.41, 5.74) is 1.04. The molecule has 8 nitrogen and oxygen atoms in total. The molecule has 1 aliphatic heterocycles. The average molecular weight is 437 g/mol. The maximum absolute atomic E-state index is 14.2. The van der Waals surface area contributed by atoms with E-state index in [0.717, 1.165) is 6.07 Å². The topological polar surface area (TPSA) is 87.5 Å². The number of alkyl halides is 3. The van der Waals surface area contributed by atoms with Crippen LogP contribution in [0.25, 0.3) is 5.65 Å². The highest BCUT2D eigenvalue weighted by Gasteiger charge is 2.29. The second kappa shape index (κ2) is 8.46. The molecule has 0 saturated carbocycles. The van der Waals surface area contributed by atoms with Crippen LogP contribution in [-0.4, -0.2) is 57.1 Å². The molecule has 3 aromatic rings. The Bertz CT molecular complexity index is 1090. The van der Waals surface area contributed by atoms with Gasteiger partial charge in [0.2, 0.25) is 6.30 Å². The van der Waals surface area contributed by atoms with Crippen LogP contribution in [0.1, 0.15) is 22.6 Å². The Morgan fingerprint density at radius 2 is 2.03 bits per heavy atom. The van der Waals surface area contributed by atoms with Gasteiger partial charge in [0, 0.05) is 37.6 Å². The van der Waals surface area contributed by atoms with Gasteiger partial charge in [-0.3, -0.25) is 10.1 Å². The normalized spacial score (nSPS) is 17.5. The first-order valence-electron chi connectivity index (χ1n) is 9.51. The molecule has 2 unspecified atom stereocenters. The second-order valence-corrected chi connectivity index (χ2v) is 7.24. The number of nitrogens with zero attached hydrogens (tertiary/aromatic N) is 5. The third-order valence-electron chi connectivity index (χ3n) is 4.88. The number of rotatable bonds is 6. The van der Waals surface area contributed by atoms with Crippen LogP contribution >= 0.6 is 0 Å². The first kappa shape index (κ1) is 21.0. The highest BCUT2D eigenvalue weighted by molar-refractivity contribution is 6.02. The van der Waals surface area contributed by atoms with Crippen LogP contribution in [0.4, 0.5) is 29.1 Å². The van der Waals surface area contributed by atoms with Crippen LogP contribution in [0.15, 0.2) is 30.9 Å². The van der Waals surface area contributed by atoms with Crippen molar-refractivity contribution < 1.29 is 22.4 Å². The zero-order chi connectivity index (χ0) is 22.1. The average Bonchev–Trinajstić information content (AvgIpc) is 3.34. The summed E-state index contributed by atoms with van der Waals surface area (Å²) in [5.74, 6) is -0.714. The minimum Gasteiger partial charge on any atom is -0.354 e. The summed E-state index contributed by atoms with van der Waals surface area (Å²) in [6, 6.07) is 0.724. The molecule has 0 spiro atoms. The number of pyridine rings is 1. The van der Waals surface area contributed by atoms with Gasteiger partial charge in [0.1, 0.15) is 11.5 Å². The van der Waals surface area contributed by atoms with Gasteiger partial charge in [-0.25, -0.2) is 32.5 Å². The quantitative estimate of drug-likeness (QED) is 0.455. The summed E-state index contributed by atoms with van der Waals surface area (Å²) >= 11 is 0. The van der Waals surface area contributed by atoms with E-state index in [1.807, 2.05) is 0 Å². The summed E-state index contributed by atoms with van der Waals surface area (Å²) in [6.45, 7) is 2.50. The number of carbonyl (C=O) groups excluding carboxylic acids is 1. The summed E-state index contributed by atoms with van der Waals surface area (Å²) in [6.07, 6.45) is 0.814. The predicted octanol–water partition coefficient (Wildman–Crippen LogP) is 2.55. The maximum Gasteiger partial charge on any atom is 0.282 e. The van der Waals surface area contributed by atoms with Crippen LogP contribution in [-0.2, 0) is 0 Å². The lowest BCUT2D eigenvalue weighted by atomic mass is 10.2. The largest absolute Gasteiger partial charge is 0.354 e. The van der Waals surface area contributed by atoms with E-state index in [9.17, 15) is 22.4 Å². The number of halogens is 4. The van der Waals surface area contributed by atoms with Crippen molar-refractivity contribution in [1.29, 1.82) is 0 Å². The van der Waals surface area contributed by atoms with Crippen LogP contribution in [0, 0.1) is 12.7 Å². The van der Waals surface area contributed by atoms with Crippen molar-refractivity contribution in [2.45, 2.75) is 32.1 Å². The summed E-state index contributed by atoms with van der Waals surface area (Å²) in [4.78, 5) is 26.5. The van der Waals surface area contributed by atoms with Crippen molar-refractivity contribution >= 4 is 23.1 Å². The van der Waals surface area contributed by atoms with Gasteiger partial charge in [-0.2, -0.15) is 0 Å². The molecule has 164 valence electrons. The van der Waals surface area contributed by atoms with E-state index in [1.54, 1.807) is 18.0 Å². The van der Waals surface area contributed by atoms with E-state index in [4.69, 9.17) is 0 Å². The fourth-order valence-electron chi connectivity index (χ4n) is 3.45. The molecule has 0 radical (unpaired) electrons. The third-order valence-corrected chi connectivity index (χ3v) is 4.88.